The topological polar surface area (TPSA) is 376 Å². The number of aliphatic carboxylic acids is 1. The van der Waals surface area contributed by atoms with Gasteiger partial charge in [0.05, 0.1) is 56.4 Å². The van der Waals surface area contributed by atoms with Gasteiger partial charge >= 0.3 is 31.0 Å². The van der Waals surface area contributed by atoms with Gasteiger partial charge in [-0.2, -0.15) is 24.7 Å². The van der Waals surface area contributed by atoms with Crippen LogP contribution in [0.3, 0.4) is 0 Å². The second-order valence-corrected chi connectivity index (χ2v) is 33.3. The summed E-state index contributed by atoms with van der Waals surface area (Å²) in [6.07, 6.45) is 15.6. The van der Waals surface area contributed by atoms with Gasteiger partial charge < -0.3 is 76.0 Å². The van der Waals surface area contributed by atoms with Gasteiger partial charge in [0.1, 0.15) is 105 Å². The van der Waals surface area contributed by atoms with Crippen molar-refractivity contribution in [3.05, 3.63) is 286 Å². The van der Waals surface area contributed by atoms with E-state index >= 15 is 0 Å². The van der Waals surface area contributed by atoms with Crippen molar-refractivity contribution >= 4 is 64.6 Å². The van der Waals surface area contributed by atoms with Crippen molar-refractivity contribution in [1.82, 2.24) is 40.7 Å². The first-order chi connectivity index (χ1) is 67.7. The number of ketones is 1. The first kappa shape index (κ1) is 103. The number of aromatic amines is 1. The van der Waals surface area contributed by atoms with Gasteiger partial charge in [0.2, 0.25) is 29.4 Å². The van der Waals surface area contributed by atoms with Gasteiger partial charge in [-0.15, -0.1) is 6.42 Å². The normalized spacial score (nSPS) is 16.0. The molecule has 0 fully saturated rings. The number of hydroxylamine groups is 3. The molecule has 5 amide bonds. The number of carbonyl (C=O) groups excluding carboxylic acids is 6. The standard InChI is InChI=1S/C27H24N4O3.C27H22N2O4.C20H21N3O5.C18H16N2O5.C9H5F3.C4H9.C2H7NO.Li/c1-16-4-2-3-5-20(16)23-14-22(30-31-23)18-12-17-13-19(6-8-24(17)33-15-18)34-25-10-11-28-27-21(25)7-9-26(32)29-27;1-17-4-2-3-5-18(17)6-9-23(30)20-14-19-15-21(7-10-24(19)32-16-20)33-25-12-13-28-27-22(25)8-11-26(31)29-27;1-23(26-2)20(25)13-9-12-10-14(3-5-16(12)27-11-13)28-17-7-8-21-19-15(17)4-6-18(24)22-19;21-16-4-2-13-15(5-6-19-17(13)20-16)25-12-1-3-14-10(8-12)7-11(9-24-14)18(22)23;1-2-7-5-3-4-6-8(7)9(10,11)12;2*1-3-4-2;/h2-6,8,10-11,13-14,18H,7,9,12,15H2,1H3,(H,30,31)(H,28,29,32);2-5,7,10,12-13,15,20H,8,11,14,16H2,1H3,(H,28,29,31);3,5,7-8,10,13H,4,6,9,11H2,1-2H3,(H,21,22,24);1,3,5-6,8,11H,2,4,7,9H2,(H,22,23)(H,19,20,21);1,3-6H;1,3-4H2,2H3;3H,1-2H3;/q;;;;;-1;;+1. The zero-order valence-electron chi connectivity index (χ0n) is 79.1. The third-order valence-electron chi connectivity index (χ3n) is 23.7. The number of rotatable bonds is 16. The molecule has 34 heteroatoms. The summed E-state index contributed by atoms with van der Waals surface area (Å²) in [5, 5.41) is 29.3. The van der Waals surface area contributed by atoms with Crippen molar-refractivity contribution in [2.45, 2.75) is 123 Å². The second kappa shape index (κ2) is 48.8. The summed E-state index contributed by atoms with van der Waals surface area (Å²) >= 11 is 0. The molecule has 0 bridgehead atoms. The number of carboxylic acid groups (broad SMARTS) is 1. The van der Waals surface area contributed by atoms with Crippen molar-refractivity contribution in [1.29, 1.82) is 0 Å². The van der Waals surface area contributed by atoms with E-state index in [9.17, 15) is 46.7 Å². The number of H-pyrrole nitrogens is 1. The van der Waals surface area contributed by atoms with E-state index in [1.54, 1.807) is 82.4 Å². The molecule has 7 N–H and O–H groups in total. The van der Waals surface area contributed by atoms with Crippen molar-refractivity contribution < 1.29 is 118 Å². The van der Waals surface area contributed by atoms with Crippen molar-refractivity contribution in [2.24, 2.45) is 17.8 Å². The van der Waals surface area contributed by atoms with Crippen LogP contribution in [-0.4, -0.2) is 136 Å². The van der Waals surface area contributed by atoms with Crippen molar-refractivity contribution in [3.63, 3.8) is 0 Å². The maximum absolute atomic E-state index is 12.7. The molecule has 141 heavy (non-hydrogen) atoms. The van der Waals surface area contributed by atoms with E-state index < -0.39 is 23.6 Å². The third kappa shape index (κ3) is 27.0. The quantitative estimate of drug-likeness (QED) is 0.0204. The zero-order valence-corrected chi connectivity index (χ0v) is 79.1. The Kier molecular flexibility index (Phi) is 35.6. The van der Waals surface area contributed by atoms with Crippen LogP contribution in [0.1, 0.15) is 129 Å². The van der Waals surface area contributed by atoms with E-state index in [-0.39, 0.29) is 84.1 Å². The molecule has 8 aliphatic heterocycles. The smallest absolute Gasteiger partial charge is 0.493 e. The summed E-state index contributed by atoms with van der Waals surface area (Å²) in [5.74, 6) is 16.0. The van der Waals surface area contributed by atoms with Gasteiger partial charge in [-0.25, -0.2) is 30.5 Å². The number of hydrogen-bond acceptors (Lipinski definition) is 23. The fourth-order valence-electron chi connectivity index (χ4n) is 16.0. The number of nitrogens with one attached hydrogen (secondary N) is 6. The average molecular weight is 1910 g/mol. The number of carbonyl (C=O) groups is 7. The maximum Gasteiger partial charge on any atom is 1.00 e. The van der Waals surface area contributed by atoms with Crippen molar-refractivity contribution in [3.8, 4) is 104 Å². The molecule has 0 saturated heterocycles. The summed E-state index contributed by atoms with van der Waals surface area (Å²) in [7, 11) is 6.32. The number of unbranched alkanes of at least 4 members (excludes halogenated alkanes) is 1. The van der Waals surface area contributed by atoms with Gasteiger partial charge in [-0.05, 0) is 226 Å². The Bertz CT molecular complexity index is 6670. The number of pyridine rings is 4. The fourth-order valence-corrected chi connectivity index (χ4v) is 16.0. The number of alkyl halides is 3. The predicted octanol–water partition coefficient (Wildman–Crippen LogP) is 15.2. The number of carboxylic acids is 1. The number of anilines is 4. The maximum atomic E-state index is 12.7. The molecule has 20 rings (SSSR count). The molecule has 13 heterocycles. The van der Waals surface area contributed by atoms with Crippen molar-refractivity contribution in [2.75, 3.05) is 76.0 Å². The van der Waals surface area contributed by atoms with E-state index in [1.807, 2.05) is 110 Å². The molecule has 7 aromatic carbocycles. The Morgan fingerprint density at radius 2 is 0.894 bits per heavy atom. The van der Waals surface area contributed by atoms with Gasteiger partial charge in [0.25, 0.3) is 5.91 Å². The van der Waals surface area contributed by atoms with E-state index in [2.05, 4.69) is 113 Å². The molecule has 0 radical (unpaired) electrons. The minimum absolute atomic E-state index is 0. The number of amides is 5. The van der Waals surface area contributed by atoms with Crippen LogP contribution >= 0.6 is 0 Å². The predicted molar refractivity (Wildman–Crippen MR) is 516 cm³/mol. The molecule has 722 valence electrons. The Morgan fingerprint density at radius 1 is 0.518 bits per heavy atom. The zero-order chi connectivity index (χ0) is 98.9. The van der Waals surface area contributed by atoms with Crippen LogP contribution in [-0.2, 0) is 101 Å². The number of hydrogen-bond donors (Lipinski definition) is 7. The molecular formula is C107H104F3LiN12O18. The minimum atomic E-state index is -4.36. The van der Waals surface area contributed by atoms with Crippen LogP contribution in [0.25, 0.3) is 11.3 Å². The number of aromatic nitrogens is 6. The molecule has 30 nitrogen and oxygen atoms in total. The van der Waals surface area contributed by atoms with Gasteiger partial charge in [0, 0.05) is 115 Å². The number of nitrogens with zero attached hydrogens (tertiary/aromatic N) is 6. The van der Waals surface area contributed by atoms with Gasteiger partial charge in [-0.1, -0.05) is 79.8 Å². The monoisotopic (exact) mass is 1910 g/mol. The third-order valence-corrected chi connectivity index (χ3v) is 23.7. The molecule has 0 aliphatic carbocycles. The first-order valence-electron chi connectivity index (χ1n) is 45.5. The molecule has 12 aromatic rings. The number of terminal acetylenes is 1. The van der Waals surface area contributed by atoms with Crippen LogP contribution in [0, 0.1) is 62.7 Å². The molecule has 0 spiro atoms. The number of fused-ring (bicyclic) bond motifs is 8. The largest absolute Gasteiger partial charge is 1.00 e. The Hall–Kier alpha value is -15.4. The average Bonchev–Trinajstić information content (AvgIpc) is 1.44. The Labute approximate surface area is 825 Å². The van der Waals surface area contributed by atoms with E-state index in [4.69, 9.17) is 54.3 Å². The van der Waals surface area contributed by atoms with E-state index in [0.29, 0.717) is 154 Å². The number of halogens is 3. The molecule has 8 aliphatic rings. The summed E-state index contributed by atoms with van der Waals surface area (Å²) < 4.78 is 84.0. The van der Waals surface area contributed by atoms with Crippen LogP contribution in [0.2, 0.25) is 0 Å². The SMILES string of the molecule is C#Cc1ccccc1C(F)(F)F.CNOC.CON(C)C(=O)C1COc2ccc(Oc3ccnc4c3CCC(=O)N4)cc2C1.Cc1ccccc1-c1cc(C2COc3ccc(Oc4ccnc5c4CCC(=O)N5)cc3C2)[nH]n1.Cc1ccccc1C#CC(=O)C1COc2ccc(Oc3ccnc4c3CCC(=O)N4)cc2C1.O=C1CCc2c(Oc3ccc4c(c3)CC(C(=O)O)CO4)ccnc2N1.[CH2-]CCC.[Li+]. The fraction of sp³-hybridized carbons (Fsp3) is 0.280. The number of benzene rings is 7. The molecule has 4 atom stereocenters. The summed E-state index contributed by atoms with van der Waals surface area (Å²) in [6, 6.07) is 52.8. The number of aryl methyl sites for hydroxylation is 2. The van der Waals surface area contributed by atoms with Crippen LogP contribution in [0.5, 0.6) is 69.0 Å². The summed E-state index contributed by atoms with van der Waals surface area (Å²) in [6.45, 7) is 11.2. The van der Waals surface area contributed by atoms with Gasteiger partial charge in [-0.3, -0.25) is 43.5 Å². The minimum Gasteiger partial charge on any atom is -0.493 e. The Morgan fingerprint density at radius 3 is 1.28 bits per heavy atom. The number of ether oxygens (including phenoxy) is 8. The molecular weight excluding hydrogens is 1810 g/mol. The first-order valence-corrected chi connectivity index (χ1v) is 45.5. The Balaban J connectivity index is 0.000000149. The van der Waals surface area contributed by atoms with Crippen LogP contribution < -0.4 is 83.5 Å². The van der Waals surface area contributed by atoms with E-state index in [1.165, 1.54) is 42.4 Å². The second-order valence-electron chi connectivity index (χ2n) is 33.3. The van der Waals surface area contributed by atoms with Crippen LogP contribution in [0.4, 0.5) is 36.4 Å². The summed E-state index contributed by atoms with van der Waals surface area (Å²) in [5.41, 5.74) is 15.1. The molecule has 4 unspecified atom stereocenters. The van der Waals surface area contributed by atoms with Crippen LogP contribution in [0.15, 0.2) is 201 Å². The number of Topliss-reactive ketones (excluding diaryl/α,β-unsaturated/α-hetero) is 1. The van der Waals surface area contributed by atoms with E-state index in [0.717, 1.165) is 120 Å². The molecule has 0 saturated carbocycles. The summed E-state index contributed by atoms with van der Waals surface area (Å²) in [4.78, 5) is 109. The molecule has 5 aromatic heterocycles. The van der Waals surface area contributed by atoms with Gasteiger partial charge in [0.15, 0.2) is 0 Å².